The number of alkyl halides is 3. The molecule has 0 aliphatic carbocycles. The van der Waals surface area contributed by atoms with Crippen LogP contribution in [-0.4, -0.2) is 35.5 Å². The molecule has 1 N–H and O–H groups in total. The smallest absolute Gasteiger partial charge is 0.407 e. The minimum absolute atomic E-state index is 0.144. The molecule has 1 aromatic carbocycles. The molecule has 1 aliphatic rings. The summed E-state index contributed by atoms with van der Waals surface area (Å²) in [6.45, 7) is 5.25. The molecular formula is C22H25F3N2O4. The third-order valence-electron chi connectivity index (χ3n) is 4.48. The first-order chi connectivity index (χ1) is 14.5. The van der Waals surface area contributed by atoms with Gasteiger partial charge in [-0.2, -0.15) is 13.2 Å². The van der Waals surface area contributed by atoms with E-state index in [1.54, 1.807) is 45.3 Å². The molecule has 168 valence electrons. The van der Waals surface area contributed by atoms with Crippen molar-refractivity contribution in [3.63, 3.8) is 0 Å². The van der Waals surface area contributed by atoms with Crippen LogP contribution in [0.3, 0.4) is 0 Å². The van der Waals surface area contributed by atoms with Crippen LogP contribution < -0.4 is 14.8 Å². The molecule has 31 heavy (non-hydrogen) atoms. The van der Waals surface area contributed by atoms with Crippen LogP contribution >= 0.6 is 0 Å². The van der Waals surface area contributed by atoms with Crippen molar-refractivity contribution in [2.24, 2.45) is 0 Å². The molecule has 1 aromatic heterocycles. The Kier molecular flexibility index (Phi) is 6.62. The zero-order valence-corrected chi connectivity index (χ0v) is 17.6. The maximum Gasteiger partial charge on any atom is 0.407 e. The van der Waals surface area contributed by atoms with Crippen LogP contribution in [-0.2, 0) is 11.3 Å². The van der Waals surface area contributed by atoms with Gasteiger partial charge in [-0.15, -0.1) is 0 Å². The molecule has 1 aliphatic heterocycles. The number of carbonyl (C=O) groups excluding carboxylic acids is 1. The summed E-state index contributed by atoms with van der Waals surface area (Å²) < 4.78 is 54.7. The largest absolute Gasteiger partial charge is 0.491 e. The Labute approximate surface area is 178 Å². The van der Waals surface area contributed by atoms with Gasteiger partial charge in [0.1, 0.15) is 30.3 Å². The first-order valence-corrected chi connectivity index (χ1v) is 9.89. The summed E-state index contributed by atoms with van der Waals surface area (Å²) in [6, 6.07) is 6.25. The third kappa shape index (κ3) is 6.77. The number of nitrogens with one attached hydrogen (secondary N) is 1. The average Bonchev–Trinajstić information content (AvgIpc) is 2.67. The van der Waals surface area contributed by atoms with Crippen molar-refractivity contribution in [3.05, 3.63) is 42.2 Å². The van der Waals surface area contributed by atoms with E-state index in [1.807, 2.05) is 12.1 Å². The second kappa shape index (κ2) is 9.03. The monoisotopic (exact) mass is 438 g/mol. The average molecular weight is 438 g/mol. The SMILES string of the molecule is CC(C)(C)OC(=O)NC(CCC(F)(F)F)COc1ccc2c(c1)OCc1cnccc1-2. The number of amides is 1. The van der Waals surface area contributed by atoms with E-state index in [9.17, 15) is 18.0 Å². The van der Waals surface area contributed by atoms with Gasteiger partial charge in [0.2, 0.25) is 0 Å². The van der Waals surface area contributed by atoms with E-state index >= 15 is 0 Å². The van der Waals surface area contributed by atoms with Crippen molar-refractivity contribution < 1.29 is 32.2 Å². The molecule has 1 atom stereocenters. The fourth-order valence-corrected chi connectivity index (χ4v) is 3.10. The van der Waals surface area contributed by atoms with E-state index in [0.29, 0.717) is 18.1 Å². The minimum atomic E-state index is -4.34. The Hall–Kier alpha value is -2.97. The minimum Gasteiger partial charge on any atom is -0.491 e. The summed E-state index contributed by atoms with van der Waals surface area (Å²) in [6.07, 6.45) is -3.06. The highest BCUT2D eigenvalue weighted by Gasteiger charge is 2.30. The second-order valence-corrected chi connectivity index (χ2v) is 8.29. The van der Waals surface area contributed by atoms with Crippen molar-refractivity contribution >= 4 is 6.09 Å². The van der Waals surface area contributed by atoms with Gasteiger partial charge in [0.15, 0.2) is 0 Å². The highest BCUT2D eigenvalue weighted by molar-refractivity contribution is 5.75. The maximum atomic E-state index is 12.7. The van der Waals surface area contributed by atoms with Gasteiger partial charge in [0, 0.05) is 36.0 Å². The Bertz CT molecular complexity index is 926. The van der Waals surface area contributed by atoms with Gasteiger partial charge in [0.25, 0.3) is 0 Å². The number of benzene rings is 1. The van der Waals surface area contributed by atoms with Crippen LogP contribution in [0, 0.1) is 0 Å². The molecule has 6 nitrogen and oxygen atoms in total. The molecule has 0 bridgehead atoms. The van der Waals surface area contributed by atoms with Crippen molar-refractivity contribution in [2.45, 2.75) is 58.0 Å². The predicted octanol–water partition coefficient (Wildman–Crippen LogP) is 5.26. The molecule has 2 aromatic rings. The van der Waals surface area contributed by atoms with Crippen molar-refractivity contribution in [3.8, 4) is 22.6 Å². The number of halogens is 3. The summed E-state index contributed by atoms with van der Waals surface area (Å²) >= 11 is 0. The summed E-state index contributed by atoms with van der Waals surface area (Å²) in [7, 11) is 0. The Morgan fingerprint density at radius 2 is 2.00 bits per heavy atom. The lowest BCUT2D eigenvalue weighted by atomic mass is 9.99. The number of rotatable bonds is 6. The summed E-state index contributed by atoms with van der Waals surface area (Å²) in [5.41, 5.74) is 2.10. The number of nitrogens with zero attached hydrogens (tertiary/aromatic N) is 1. The lowest BCUT2D eigenvalue weighted by Crippen LogP contribution is -2.42. The van der Waals surface area contributed by atoms with Crippen LogP contribution in [0.5, 0.6) is 11.5 Å². The molecule has 1 amide bonds. The zero-order chi connectivity index (χ0) is 22.6. The topological polar surface area (TPSA) is 69.7 Å². The Morgan fingerprint density at radius 3 is 2.71 bits per heavy atom. The highest BCUT2D eigenvalue weighted by atomic mass is 19.4. The number of hydrogen-bond donors (Lipinski definition) is 1. The summed E-state index contributed by atoms with van der Waals surface area (Å²) in [5, 5.41) is 2.47. The van der Waals surface area contributed by atoms with Crippen molar-refractivity contribution in [1.82, 2.24) is 10.3 Å². The first kappa shape index (κ1) is 22.7. The Balaban J connectivity index is 1.67. The first-order valence-electron chi connectivity index (χ1n) is 9.89. The van der Waals surface area contributed by atoms with Crippen LogP contribution in [0.2, 0.25) is 0 Å². The quantitative estimate of drug-likeness (QED) is 0.667. The van der Waals surface area contributed by atoms with Gasteiger partial charge in [-0.3, -0.25) is 4.98 Å². The summed E-state index contributed by atoms with van der Waals surface area (Å²) in [4.78, 5) is 16.1. The normalized spacial score (nSPS) is 14.0. The fourth-order valence-electron chi connectivity index (χ4n) is 3.10. The van der Waals surface area contributed by atoms with Crippen LogP contribution in [0.1, 0.15) is 39.2 Å². The molecular weight excluding hydrogens is 413 g/mol. The van der Waals surface area contributed by atoms with E-state index in [1.165, 1.54) is 0 Å². The number of pyridine rings is 1. The molecule has 0 saturated heterocycles. The van der Waals surface area contributed by atoms with Gasteiger partial charge in [-0.05, 0) is 51.0 Å². The highest BCUT2D eigenvalue weighted by Crippen LogP contribution is 2.39. The molecule has 1 unspecified atom stereocenters. The van der Waals surface area contributed by atoms with Crippen LogP contribution in [0.15, 0.2) is 36.7 Å². The second-order valence-electron chi connectivity index (χ2n) is 8.29. The number of fused-ring (bicyclic) bond motifs is 3. The lowest BCUT2D eigenvalue weighted by Gasteiger charge is -2.24. The van der Waals surface area contributed by atoms with Gasteiger partial charge in [-0.25, -0.2) is 4.79 Å². The van der Waals surface area contributed by atoms with E-state index in [0.717, 1.165) is 16.7 Å². The number of alkyl carbamates (subject to hydrolysis) is 1. The molecule has 0 saturated carbocycles. The zero-order valence-electron chi connectivity index (χ0n) is 17.6. The molecule has 0 fully saturated rings. The molecule has 9 heteroatoms. The standard InChI is InChI=1S/C22H25F3N2O4/c1-21(2,3)31-20(28)27-15(6-8-22(23,24)25)13-29-16-4-5-18-17-7-9-26-11-14(17)12-30-19(18)10-16/h4-5,7,9-11,15H,6,8,12-13H2,1-3H3,(H,27,28). The van der Waals surface area contributed by atoms with E-state index in [4.69, 9.17) is 14.2 Å². The third-order valence-corrected chi connectivity index (χ3v) is 4.48. The predicted molar refractivity (Wildman–Crippen MR) is 108 cm³/mol. The van der Waals surface area contributed by atoms with Crippen molar-refractivity contribution in [1.29, 1.82) is 0 Å². The molecule has 3 rings (SSSR count). The molecule has 2 heterocycles. The number of hydrogen-bond acceptors (Lipinski definition) is 5. The fraction of sp³-hybridized carbons (Fsp3) is 0.455. The lowest BCUT2D eigenvalue weighted by molar-refractivity contribution is -0.137. The van der Waals surface area contributed by atoms with Gasteiger partial charge < -0.3 is 19.5 Å². The van der Waals surface area contributed by atoms with Gasteiger partial charge in [0.05, 0.1) is 6.04 Å². The van der Waals surface area contributed by atoms with Crippen molar-refractivity contribution in [2.75, 3.05) is 6.61 Å². The van der Waals surface area contributed by atoms with E-state index in [-0.39, 0.29) is 13.0 Å². The van der Waals surface area contributed by atoms with E-state index in [2.05, 4.69) is 10.3 Å². The van der Waals surface area contributed by atoms with Gasteiger partial charge >= 0.3 is 12.3 Å². The molecule has 0 radical (unpaired) electrons. The number of ether oxygens (including phenoxy) is 3. The maximum absolute atomic E-state index is 12.7. The van der Waals surface area contributed by atoms with E-state index < -0.39 is 30.3 Å². The van der Waals surface area contributed by atoms with Crippen LogP contribution in [0.4, 0.5) is 18.0 Å². The van der Waals surface area contributed by atoms with Crippen LogP contribution in [0.25, 0.3) is 11.1 Å². The molecule has 0 spiro atoms. The Morgan fingerprint density at radius 1 is 1.23 bits per heavy atom. The summed E-state index contributed by atoms with van der Waals surface area (Å²) in [5.74, 6) is 1.04. The van der Waals surface area contributed by atoms with Gasteiger partial charge in [-0.1, -0.05) is 0 Å². The number of aromatic nitrogens is 1. The number of carbonyl (C=O) groups is 1.